The SMILES string of the molecule is CC1(O)CCCN(C(=O)C(C)(C)N)CC1. The van der Waals surface area contributed by atoms with E-state index in [9.17, 15) is 9.90 Å². The van der Waals surface area contributed by atoms with Crippen LogP contribution in [0.2, 0.25) is 0 Å². The summed E-state index contributed by atoms with van der Waals surface area (Å²) in [5.41, 5.74) is 4.33. The number of carbonyl (C=O) groups is 1. The minimum absolute atomic E-state index is 0.0276. The Morgan fingerprint density at radius 1 is 1.40 bits per heavy atom. The lowest BCUT2D eigenvalue weighted by Crippen LogP contribution is -2.51. The molecule has 0 aromatic carbocycles. The molecule has 0 radical (unpaired) electrons. The molecule has 88 valence electrons. The number of hydrogen-bond acceptors (Lipinski definition) is 3. The lowest BCUT2D eigenvalue weighted by Gasteiger charge is -2.28. The molecule has 1 atom stereocenters. The van der Waals surface area contributed by atoms with Crippen LogP contribution in [-0.2, 0) is 4.79 Å². The minimum Gasteiger partial charge on any atom is -0.390 e. The largest absolute Gasteiger partial charge is 0.390 e. The zero-order valence-electron chi connectivity index (χ0n) is 9.92. The monoisotopic (exact) mass is 214 g/mol. The highest BCUT2D eigenvalue weighted by molar-refractivity contribution is 5.85. The van der Waals surface area contributed by atoms with Crippen molar-refractivity contribution in [1.29, 1.82) is 0 Å². The molecule has 1 rings (SSSR count). The van der Waals surface area contributed by atoms with Gasteiger partial charge in [0.25, 0.3) is 0 Å². The van der Waals surface area contributed by atoms with E-state index < -0.39 is 11.1 Å². The smallest absolute Gasteiger partial charge is 0.242 e. The van der Waals surface area contributed by atoms with Gasteiger partial charge in [0.1, 0.15) is 0 Å². The molecule has 0 aromatic heterocycles. The summed E-state index contributed by atoms with van der Waals surface area (Å²) in [6.45, 7) is 6.58. The van der Waals surface area contributed by atoms with E-state index in [2.05, 4.69) is 0 Å². The third-order valence-electron chi connectivity index (χ3n) is 2.90. The number of rotatable bonds is 1. The average Bonchev–Trinajstić information content (AvgIpc) is 2.23. The maximum absolute atomic E-state index is 11.9. The fourth-order valence-electron chi connectivity index (χ4n) is 1.87. The third-order valence-corrected chi connectivity index (χ3v) is 2.90. The van der Waals surface area contributed by atoms with Gasteiger partial charge in [0.2, 0.25) is 5.91 Å². The molecule has 0 spiro atoms. The van der Waals surface area contributed by atoms with Crippen molar-refractivity contribution in [3.8, 4) is 0 Å². The maximum Gasteiger partial charge on any atom is 0.242 e. The Kier molecular flexibility index (Phi) is 3.41. The van der Waals surface area contributed by atoms with Crippen molar-refractivity contribution in [3.05, 3.63) is 0 Å². The van der Waals surface area contributed by atoms with Gasteiger partial charge in [0.05, 0.1) is 11.1 Å². The Bertz CT molecular complexity index is 243. The van der Waals surface area contributed by atoms with E-state index in [1.807, 2.05) is 6.92 Å². The lowest BCUT2D eigenvalue weighted by molar-refractivity contribution is -0.135. The summed E-state index contributed by atoms with van der Waals surface area (Å²) in [5.74, 6) is -0.0276. The zero-order valence-corrected chi connectivity index (χ0v) is 9.92. The fourth-order valence-corrected chi connectivity index (χ4v) is 1.87. The normalized spacial score (nSPS) is 28.7. The first-order valence-electron chi connectivity index (χ1n) is 5.53. The molecule has 0 saturated carbocycles. The van der Waals surface area contributed by atoms with Crippen molar-refractivity contribution in [2.45, 2.75) is 51.2 Å². The highest BCUT2D eigenvalue weighted by Crippen LogP contribution is 2.22. The molecule has 0 aromatic rings. The average molecular weight is 214 g/mol. The first kappa shape index (κ1) is 12.5. The second-order valence-electron chi connectivity index (χ2n) is 5.36. The van der Waals surface area contributed by atoms with Crippen molar-refractivity contribution in [3.63, 3.8) is 0 Å². The predicted molar refractivity (Wildman–Crippen MR) is 59.3 cm³/mol. The Morgan fingerprint density at radius 2 is 2.00 bits per heavy atom. The molecule has 4 heteroatoms. The van der Waals surface area contributed by atoms with Gasteiger partial charge in [-0.2, -0.15) is 0 Å². The van der Waals surface area contributed by atoms with Gasteiger partial charge in [-0.15, -0.1) is 0 Å². The Labute approximate surface area is 91.4 Å². The van der Waals surface area contributed by atoms with Gasteiger partial charge in [0.15, 0.2) is 0 Å². The molecular formula is C11H22N2O2. The van der Waals surface area contributed by atoms with E-state index in [0.717, 1.165) is 12.8 Å². The first-order chi connectivity index (χ1) is 6.72. The number of hydrogen-bond donors (Lipinski definition) is 2. The molecule has 15 heavy (non-hydrogen) atoms. The lowest BCUT2D eigenvalue weighted by atomic mass is 9.98. The van der Waals surface area contributed by atoms with Gasteiger partial charge in [-0.05, 0) is 40.0 Å². The van der Waals surface area contributed by atoms with Crippen LogP contribution in [0.4, 0.5) is 0 Å². The highest BCUT2D eigenvalue weighted by atomic mass is 16.3. The molecular weight excluding hydrogens is 192 g/mol. The third kappa shape index (κ3) is 3.47. The number of nitrogens with two attached hydrogens (primary N) is 1. The first-order valence-corrected chi connectivity index (χ1v) is 5.53. The van der Waals surface area contributed by atoms with Crippen LogP contribution in [-0.4, -0.2) is 40.1 Å². The van der Waals surface area contributed by atoms with Crippen LogP contribution >= 0.6 is 0 Å². The molecule has 1 amide bonds. The van der Waals surface area contributed by atoms with E-state index in [-0.39, 0.29) is 5.91 Å². The number of amides is 1. The van der Waals surface area contributed by atoms with Crippen LogP contribution < -0.4 is 5.73 Å². The minimum atomic E-state index is -0.809. The van der Waals surface area contributed by atoms with Crippen molar-refractivity contribution in [2.24, 2.45) is 5.73 Å². The summed E-state index contributed by atoms with van der Waals surface area (Å²) in [6.07, 6.45) is 2.23. The van der Waals surface area contributed by atoms with Crippen LogP contribution in [0.5, 0.6) is 0 Å². The summed E-state index contributed by atoms with van der Waals surface area (Å²) in [5, 5.41) is 9.89. The molecule has 1 aliphatic heterocycles. The van der Waals surface area contributed by atoms with Crippen LogP contribution in [0.15, 0.2) is 0 Å². The van der Waals surface area contributed by atoms with Gasteiger partial charge in [-0.3, -0.25) is 4.79 Å². The number of nitrogens with zero attached hydrogens (tertiary/aromatic N) is 1. The maximum atomic E-state index is 11.9. The molecule has 1 fully saturated rings. The van der Waals surface area contributed by atoms with Crippen molar-refractivity contribution in [1.82, 2.24) is 4.90 Å². The Morgan fingerprint density at radius 3 is 2.53 bits per heavy atom. The Hall–Kier alpha value is -0.610. The molecule has 0 aliphatic carbocycles. The topological polar surface area (TPSA) is 66.6 Å². The molecule has 1 saturated heterocycles. The molecule has 1 unspecified atom stereocenters. The summed E-state index contributed by atoms with van der Waals surface area (Å²) in [4.78, 5) is 13.7. The van der Waals surface area contributed by atoms with E-state index in [1.165, 1.54) is 0 Å². The highest BCUT2D eigenvalue weighted by Gasteiger charge is 2.32. The number of likely N-dealkylation sites (tertiary alicyclic amines) is 1. The van der Waals surface area contributed by atoms with Crippen LogP contribution in [0.3, 0.4) is 0 Å². The molecule has 4 nitrogen and oxygen atoms in total. The second-order valence-corrected chi connectivity index (χ2v) is 5.36. The van der Waals surface area contributed by atoms with Crippen molar-refractivity contribution >= 4 is 5.91 Å². The Balaban J connectivity index is 2.62. The van der Waals surface area contributed by atoms with Crippen LogP contribution in [0.25, 0.3) is 0 Å². The summed E-state index contributed by atoms with van der Waals surface area (Å²) < 4.78 is 0. The summed E-state index contributed by atoms with van der Waals surface area (Å²) in [6, 6.07) is 0. The van der Waals surface area contributed by atoms with Gasteiger partial charge < -0.3 is 15.7 Å². The number of carbonyl (C=O) groups excluding carboxylic acids is 1. The summed E-state index contributed by atoms with van der Waals surface area (Å²) >= 11 is 0. The second kappa shape index (κ2) is 4.10. The van der Waals surface area contributed by atoms with Gasteiger partial charge in [-0.1, -0.05) is 0 Å². The van der Waals surface area contributed by atoms with E-state index in [0.29, 0.717) is 19.5 Å². The fraction of sp³-hybridized carbons (Fsp3) is 0.909. The van der Waals surface area contributed by atoms with Crippen molar-refractivity contribution in [2.75, 3.05) is 13.1 Å². The summed E-state index contributed by atoms with van der Waals surface area (Å²) in [7, 11) is 0. The molecule has 0 bridgehead atoms. The van der Waals surface area contributed by atoms with Crippen LogP contribution in [0, 0.1) is 0 Å². The van der Waals surface area contributed by atoms with E-state index >= 15 is 0 Å². The molecule has 1 heterocycles. The van der Waals surface area contributed by atoms with Gasteiger partial charge >= 0.3 is 0 Å². The molecule has 1 aliphatic rings. The van der Waals surface area contributed by atoms with Crippen molar-refractivity contribution < 1.29 is 9.90 Å². The van der Waals surface area contributed by atoms with E-state index in [4.69, 9.17) is 5.73 Å². The quantitative estimate of drug-likeness (QED) is 0.667. The van der Waals surface area contributed by atoms with Gasteiger partial charge in [-0.25, -0.2) is 0 Å². The van der Waals surface area contributed by atoms with E-state index in [1.54, 1.807) is 18.7 Å². The standard InChI is InChI=1S/C11H22N2O2/c1-10(2,12)9(14)13-7-4-5-11(3,15)6-8-13/h15H,4-8,12H2,1-3H3. The number of aliphatic hydroxyl groups is 1. The zero-order chi connectivity index (χ0) is 11.7. The molecule has 3 N–H and O–H groups in total. The van der Waals surface area contributed by atoms with Gasteiger partial charge in [0, 0.05) is 13.1 Å². The van der Waals surface area contributed by atoms with Crippen LogP contribution in [0.1, 0.15) is 40.0 Å². The predicted octanol–water partition coefficient (Wildman–Crippen LogP) is 0.487.